The molecule has 0 aromatic carbocycles. The molecule has 234 valence electrons. The maximum Gasteiger partial charge on any atom is 0.186 e. The molecule has 1 fully saturated rings. The van der Waals surface area contributed by atoms with Gasteiger partial charge in [0.05, 0.1) is 40.1 Å². The highest BCUT2D eigenvalue weighted by atomic mass is 32.1. The van der Waals surface area contributed by atoms with Crippen LogP contribution in [0.1, 0.15) is 92.7 Å². The normalized spacial score (nSPS) is 22.2. The molecule has 5 heterocycles. The van der Waals surface area contributed by atoms with Crippen molar-refractivity contribution in [2.45, 2.75) is 89.6 Å². The molecular weight excluding hydrogens is 584 g/mol. The highest BCUT2D eigenvalue weighted by Gasteiger charge is 2.49. The van der Waals surface area contributed by atoms with Gasteiger partial charge in [-0.2, -0.15) is 15.6 Å². The number of hydrogen-bond donors (Lipinski definition) is 1. The molecule has 2 aliphatic carbocycles. The van der Waals surface area contributed by atoms with Crippen LogP contribution in [0.2, 0.25) is 0 Å². The van der Waals surface area contributed by atoms with Crippen LogP contribution >= 0.6 is 11.3 Å². The van der Waals surface area contributed by atoms with Crippen molar-refractivity contribution in [2.24, 2.45) is 5.41 Å². The summed E-state index contributed by atoms with van der Waals surface area (Å²) in [6, 6.07) is 5.29. The second-order valence-electron chi connectivity index (χ2n) is 13.9. The van der Waals surface area contributed by atoms with Crippen LogP contribution in [-0.4, -0.2) is 63.0 Å². The van der Waals surface area contributed by atoms with Crippen LogP contribution in [-0.2, 0) is 18.3 Å². The lowest BCUT2D eigenvalue weighted by atomic mass is 9.63. The van der Waals surface area contributed by atoms with Crippen molar-refractivity contribution in [3.05, 3.63) is 33.5 Å². The first kappa shape index (κ1) is 29.7. The number of anilines is 2. The lowest BCUT2D eigenvalue weighted by molar-refractivity contribution is 0.232. The number of nitrogens with zero attached hydrogens (tertiary/aromatic N) is 9. The Labute approximate surface area is 267 Å². The lowest BCUT2D eigenvalue weighted by Crippen LogP contribution is -2.35. The zero-order valence-corrected chi connectivity index (χ0v) is 27.5. The van der Waals surface area contributed by atoms with Gasteiger partial charge in [0, 0.05) is 30.1 Å². The number of fused-ring (bicyclic) bond motifs is 5. The number of rotatable bonds is 6. The Kier molecular flexibility index (Phi) is 7.14. The van der Waals surface area contributed by atoms with Crippen molar-refractivity contribution in [1.29, 1.82) is 10.5 Å². The van der Waals surface area contributed by atoms with E-state index in [1.54, 1.807) is 11.3 Å². The minimum atomic E-state index is -0.582. The Hall–Kier alpha value is -4.00. The fourth-order valence-electron chi connectivity index (χ4n) is 8.23. The maximum absolute atomic E-state index is 10.1. The molecule has 0 radical (unpaired) electrons. The van der Waals surface area contributed by atoms with Crippen LogP contribution in [0.4, 0.5) is 10.8 Å². The first-order valence-electron chi connectivity index (χ1n) is 16.0. The first-order valence-corrected chi connectivity index (χ1v) is 16.8. The molecule has 0 bridgehead atoms. The molecule has 3 atom stereocenters. The maximum atomic E-state index is 10.1. The molecule has 11 nitrogen and oxygen atoms in total. The van der Waals surface area contributed by atoms with Gasteiger partial charge in [0.25, 0.3) is 0 Å². The Morgan fingerprint density at radius 3 is 2.71 bits per heavy atom. The molecule has 12 heteroatoms. The summed E-state index contributed by atoms with van der Waals surface area (Å²) in [6.45, 7) is 7.64. The van der Waals surface area contributed by atoms with Crippen LogP contribution in [0.3, 0.4) is 0 Å². The molecule has 1 aliphatic heterocycles. The summed E-state index contributed by atoms with van der Waals surface area (Å²) in [6.07, 6.45) is 9.59. The number of aryl methyl sites for hydroxylation is 1. The van der Waals surface area contributed by atoms with Gasteiger partial charge in [-0.05, 0) is 91.3 Å². The molecule has 4 aromatic rings. The minimum Gasteiger partial charge on any atom is -0.389 e. The monoisotopic (exact) mass is 624 g/mol. The van der Waals surface area contributed by atoms with E-state index >= 15 is 0 Å². The van der Waals surface area contributed by atoms with Crippen molar-refractivity contribution in [2.75, 3.05) is 37.8 Å². The molecule has 0 unspecified atom stereocenters. The van der Waals surface area contributed by atoms with E-state index in [0.717, 1.165) is 85.2 Å². The van der Waals surface area contributed by atoms with Gasteiger partial charge < -0.3 is 20.1 Å². The van der Waals surface area contributed by atoms with E-state index in [2.05, 4.69) is 36.2 Å². The Balaban J connectivity index is 1.40. The zero-order chi connectivity index (χ0) is 31.7. The van der Waals surface area contributed by atoms with E-state index < -0.39 is 10.8 Å². The molecule has 0 amide bonds. The van der Waals surface area contributed by atoms with Gasteiger partial charge in [0.2, 0.25) is 0 Å². The van der Waals surface area contributed by atoms with Gasteiger partial charge in [-0.25, -0.2) is 14.6 Å². The van der Waals surface area contributed by atoms with E-state index in [9.17, 15) is 10.5 Å². The van der Waals surface area contributed by atoms with Gasteiger partial charge in [-0.3, -0.25) is 0 Å². The predicted octanol–water partition coefficient (Wildman–Crippen LogP) is 5.60. The summed E-state index contributed by atoms with van der Waals surface area (Å²) >= 11 is 1.54. The summed E-state index contributed by atoms with van der Waals surface area (Å²) in [5.41, 5.74) is 9.42. The van der Waals surface area contributed by atoms with Crippen LogP contribution in [0.25, 0.3) is 22.6 Å². The van der Waals surface area contributed by atoms with Crippen LogP contribution in [0.5, 0.6) is 0 Å². The predicted molar refractivity (Wildman–Crippen MR) is 174 cm³/mol. The molecule has 0 saturated carbocycles. The molecule has 1 saturated heterocycles. The van der Waals surface area contributed by atoms with Gasteiger partial charge in [-0.15, -0.1) is 11.3 Å². The number of aromatic nitrogens is 5. The van der Waals surface area contributed by atoms with Crippen molar-refractivity contribution < 1.29 is 4.52 Å². The third-order valence-corrected chi connectivity index (χ3v) is 11.4. The molecular formula is C33H40N10OS. The third kappa shape index (κ3) is 4.60. The zero-order valence-electron chi connectivity index (χ0n) is 26.7. The quantitative estimate of drug-likeness (QED) is 0.287. The van der Waals surface area contributed by atoms with Gasteiger partial charge in [0.15, 0.2) is 22.9 Å². The fourth-order valence-corrected chi connectivity index (χ4v) is 9.40. The third-order valence-electron chi connectivity index (χ3n) is 10.3. The summed E-state index contributed by atoms with van der Waals surface area (Å²) in [5.74, 6) is 2.05. The Morgan fingerprint density at radius 2 is 2.00 bits per heavy atom. The first-order chi connectivity index (χ1) is 21.6. The number of nitrogen functional groups attached to an aromatic ring is 1. The average molecular weight is 625 g/mol. The number of thiophene rings is 1. The molecule has 7 rings (SSSR count). The van der Waals surface area contributed by atoms with Crippen LogP contribution in [0.15, 0.2) is 10.7 Å². The number of hydrogen-bond acceptors (Lipinski definition) is 11. The molecule has 4 aromatic heterocycles. The highest BCUT2D eigenvalue weighted by molar-refractivity contribution is 7.16. The van der Waals surface area contributed by atoms with Crippen molar-refractivity contribution >= 4 is 33.2 Å². The van der Waals surface area contributed by atoms with E-state index in [4.69, 9.17) is 25.3 Å². The second-order valence-corrected chi connectivity index (χ2v) is 15.0. The van der Waals surface area contributed by atoms with Gasteiger partial charge >= 0.3 is 0 Å². The van der Waals surface area contributed by atoms with Gasteiger partial charge in [0.1, 0.15) is 16.9 Å². The SMILES string of the molecule is C[C@@H]([C@@H]1CCCN1C)n1ncc2c(N(C)CC(C)(C)C#N)nc(-c3noc4c3CCC[C@@]43CCCc4sc(N)c(C#N)c43)nc21. The molecule has 1 spiro atoms. The van der Waals surface area contributed by atoms with Crippen molar-refractivity contribution in [3.63, 3.8) is 0 Å². The van der Waals surface area contributed by atoms with Crippen molar-refractivity contribution in [1.82, 2.24) is 29.8 Å². The smallest absolute Gasteiger partial charge is 0.186 e. The van der Waals surface area contributed by atoms with Crippen LogP contribution in [0, 0.1) is 28.1 Å². The Bertz CT molecular complexity index is 1870. The highest BCUT2D eigenvalue weighted by Crippen LogP contribution is 2.55. The number of likely N-dealkylation sites (N-methyl/N-ethyl adjacent to an activating group) is 1. The summed E-state index contributed by atoms with van der Waals surface area (Å²) in [4.78, 5) is 15.9. The second kappa shape index (κ2) is 10.8. The molecule has 3 aliphatic rings. The summed E-state index contributed by atoms with van der Waals surface area (Å²) in [7, 11) is 4.15. The summed E-state index contributed by atoms with van der Waals surface area (Å²) < 4.78 is 8.34. The minimum absolute atomic E-state index is 0.107. The summed E-state index contributed by atoms with van der Waals surface area (Å²) in [5, 5.41) is 30.9. The average Bonchev–Trinajstić information content (AvgIpc) is 3.81. The van der Waals surface area contributed by atoms with Crippen LogP contribution < -0.4 is 10.6 Å². The Morgan fingerprint density at radius 1 is 1.22 bits per heavy atom. The molecule has 2 N–H and O–H groups in total. The number of nitrogens with two attached hydrogens (primary N) is 1. The van der Waals surface area contributed by atoms with E-state index in [1.165, 1.54) is 11.3 Å². The largest absolute Gasteiger partial charge is 0.389 e. The lowest BCUT2D eigenvalue weighted by Gasteiger charge is -2.39. The van der Waals surface area contributed by atoms with E-state index in [-0.39, 0.29) is 6.04 Å². The van der Waals surface area contributed by atoms with Crippen molar-refractivity contribution in [3.8, 4) is 23.7 Å². The topological polar surface area (TPSA) is 150 Å². The molecule has 45 heavy (non-hydrogen) atoms. The number of nitriles is 2. The standard InChI is InChI=1S/C33H40N10OS/c1-19(23-10-8-14-41(23)4)43-31-22(16-37-43)30(42(5)18-32(2,3)17-35)38-29(39-31)26-20-9-6-12-33(27(20)44-40-26)13-7-11-24-25(33)21(15-34)28(36)45-24/h16,19,23H,6-14,18,36H2,1-5H3/t19-,23-,33-/m0/s1. The van der Waals surface area contributed by atoms with E-state index in [0.29, 0.717) is 34.7 Å². The van der Waals surface area contributed by atoms with Gasteiger partial charge in [-0.1, -0.05) is 5.16 Å². The number of likely N-dealkylation sites (tertiary alicyclic amines) is 1. The fraction of sp³-hybridized carbons (Fsp3) is 0.576. The van der Waals surface area contributed by atoms with E-state index in [1.807, 2.05) is 36.7 Å².